The van der Waals surface area contributed by atoms with E-state index in [-0.39, 0.29) is 5.91 Å². The molecule has 76 valence electrons. The lowest BCUT2D eigenvalue weighted by Gasteiger charge is -2.04. The van der Waals surface area contributed by atoms with Gasteiger partial charge in [0.1, 0.15) is 0 Å². The van der Waals surface area contributed by atoms with Crippen LogP contribution in [-0.4, -0.2) is 19.5 Å². The Labute approximate surface area is 84.5 Å². The first kappa shape index (κ1) is 10.7. The van der Waals surface area contributed by atoms with Gasteiger partial charge in [0, 0.05) is 13.6 Å². The van der Waals surface area contributed by atoms with Gasteiger partial charge in [0.15, 0.2) is 0 Å². The molecule has 2 N–H and O–H groups in total. The number of likely N-dealkylation sites (N-methyl/N-ethyl adjacent to an activating group) is 1. The highest BCUT2D eigenvalue weighted by Crippen LogP contribution is 2.02. The van der Waals surface area contributed by atoms with Crippen LogP contribution in [0, 0.1) is 6.92 Å². The minimum atomic E-state index is 0.0117. The van der Waals surface area contributed by atoms with Gasteiger partial charge in [-0.1, -0.05) is 29.8 Å². The van der Waals surface area contributed by atoms with Crippen molar-refractivity contribution in [2.75, 3.05) is 13.6 Å². The summed E-state index contributed by atoms with van der Waals surface area (Å²) in [6.07, 6.45) is 0. The number of benzene rings is 1. The topological polar surface area (TPSA) is 41.1 Å². The zero-order chi connectivity index (χ0) is 10.4. The van der Waals surface area contributed by atoms with Crippen LogP contribution in [0.15, 0.2) is 24.3 Å². The summed E-state index contributed by atoms with van der Waals surface area (Å²) in [5.74, 6) is 0.0117. The fourth-order valence-corrected chi connectivity index (χ4v) is 1.23. The zero-order valence-corrected chi connectivity index (χ0v) is 8.63. The van der Waals surface area contributed by atoms with Gasteiger partial charge in [-0.3, -0.25) is 4.79 Å². The van der Waals surface area contributed by atoms with E-state index in [0.717, 1.165) is 6.54 Å². The molecule has 0 saturated carbocycles. The summed E-state index contributed by atoms with van der Waals surface area (Å²) in [7, 11) is 1.64. The number of hydrogen-bond acceptors (Lipinski definition) is 2. The number of rotatable bonds is 4. The van der Waals surface area contributed by atoms with E-state index in [1.807, 2.05) is 12.1 Å². The molecule has 0 unspecified atom stereocenters. The van der Waals surface area contributed by atoms with Gasteiger partial charge >= 0.3 is 0 Å². The number of carbonyl (C=O) groups is 1. The first-order chi connectivity index (χ1) is 6.72. The van der Waals surface area contributed by atoms with Crippen LogP contribution in [0.25, 0.3) is 0 Å². The molecule has 1 amide bonds. The zero-order valence-electron chi connectivity index (χ0n) is 8.63. The Morgan fingerprint density at radius 2 is 2.21 bits per heavy atom. The predicted octanol–water partition coefficient (Wildman–Crippen LogP) is 0.831. The van der Waals surface area contributed by atoms with Crippen molar-refractivity contribution < 1.29 is 4.79 Å². The molecule has 0 radical (unpaired) electrons. The number of nitrogens with one attached hydrogen (secondary N) is 2. The van der Waals surface area contributed by atoms with Gasteiger partial charge in [-0.15, -0.1) is 0 Å². The van der Waals surface area contributed by atoms with Crippen molar-refractivity contribution in [1.82, 2.24) is 10.6 Å². The van der Waals surface area contributed by atoms with Crippen molar-refractivity contribution in [3.05, 3.63) is 35.4 Å². The van der Waals surface area contributed by atoms with Crippen LogP contribution >= 0.6 is 0 Å². The third kappa shape index (κ3) is 3.58. The third-order valence-corrected chi connectivity index (χ3v) is 1.98. The number of amides is 1. The normalized spacial score (nSPS) is 9.86. The van der Waals surface area contributed by atoms with E-state index >= 15 is 0 Å². The Bertz CT molecular complexity index is 310. The molecule has 14 heavy (non-hydrogen) atoms. The molecule has 0 fully saturated rings. The molecule has 0 spiro atoms. The third-order valence-electron chi connectivity index (χ3n) is 1.98. The van der Waals surface area contributed by atoms with Gasteiger partial charge in [-0.05, 0) is 12.5 Å². The van der Waals surface area contributed by atoms with Crippen LogP contribution in [0.3, 0.4) is 0 Å². The highest BCUT2D eigenvalue weighted by atomic mass is 16.1. The van der Waals surface area contributed by atoms with Gasteiger partial charge in [0.25, 0.3) is 0 Å². The average Bonchev–Trinajstić information content (AvgIpc) is 2.17. The van der Waals surface area contributed by atoms with E-state index in [4.69, 9.17) is 0 Å². The van der Waals surface area contributed by atoms with E-state index in [9.17, 15) is 4.79 Å². The van der Waals surface area contributed by atoms with E-state index in [1.165, 1.54) is 11.1 Å². The van der Waals surface area contributed by atoms with Gasteiger partial charge < -0.3 is 10.6 Å². The molecule has 1 rings (SSSR count). The lowest BCUT2D eigenvalue weighted by atomic mass is 10.1. The Hall–Kier alpha value is -1.35. The van der Waals surface area contributed by atoms with Crippen LogP contribution in [-0.2, 0) is 11.3 Å². The molecule has 0 heterocycles. The monoisotopic (exact) mass is 192 g/mol. The summed E-state index contributed by atoms with van der Waals surface area (Å²) in [5, 5.41) is 5.63. The molecule has 3 heteroatoms. The highest BCUT2D eigenvalue weighted by molar-refractivity contribution is 5.77. The summed E-state index contributed by atoms with van der Waals surface area (Å²) in [6.45, 7) is 3.15. The maximum Gasteiger partial charge on any atom is 0.233 e. The predicted molar refractivity (Wildman–Crippen MR) is 57.0 cm³/mol. The summed E-state index contributed by atoms with van der Waals surface area (Å²) in [5.41, 5.74) is 2.44. The van der Waals surface area contributed by atoms with Crippen molar-refractivity contribution in [3.63, 3.8) is 0 Å². The Kier molecular flexibility index (Phi) is 4.13. The van der Waals surface area contributed by atoms with E-state index in [1.54, 1.807) is 7.05 Å². The molecule has 0 aliphatic rings. The molecule has 1 aromatic rings. The minimum absolute atomic E-state index is 0.0117. The quantitative estimate of drug-likeness (QED) is 0.742. The molecule has 1 aromatic carbocycles. The lowest BCUT2D eigenvalue weighted by molar-refractivity contribution is -0.119. The van der Waals surface area contributed by atoms with Crippen LogP contribution in [0.4, 0.5) is 0 Å². The Morgan fingerprint density at radius 1 is 1.43 bits per heavy atom. The van der Waals surface area contributed by atoms with Crippen LogP contribution in [0.1, 0.15) is 11.1 Å². The molecule has 0 aliphatic carbocycles. The van der Waals surface area contributed by atoms with E-state index < -0.39 is 0 Å². The second-order valence-corrected chi connectivity index (χ2v) is 3.27. The van der Waals surface area contributed by atoms with Gasteiger partial charge in [-0.25, -0.2) is 0 Å². The SMILES string of the molecule is CNC(=O)CNCc1cccc(C)c1. The van der Waals surface area contributed by atoms with Gasteiger partial charge in [0.05, 0.1) is 6.54 Å². The van der Waals surface area contributed by atoms with E-state index in [2.05, 4.69) is 29.7 Å². The van der Waals surface area contributed by atoms with Crippen molar-refractivity contribution >= 4 is 5.91 Å². The van der Waals surface area contributed by atoms with Crippen LogP contribution in [0.5, 0.6) is 0 Å². The van der Waals surface area contributed by atoms with Crippen molar-refractivity contribution in [1.29, 1.82) is 0 Å². The summed E-state index contributed by atoms with van der Waals surface area (Å²) in [6, 6.07) is 8.23. The summed E-state index contributed by atoms with van der Waals surface area (Å²) < 4.78 is 0. The standard InChI is InChI=1S/C11H16N2O/c1-9-4-3-5-10(6-9)7-13-8-11(14)12-2/h3-6,13H,7-8H2,1-2H3,(H,12,14). The molecular formula is C11H16N2O. The molecule has 0 atom stereocenters. The molecule has 0 bridgehead atoms. The number of carbonyl (C=O) groups excluding carboxylic acids is 1. The maximum atomic E-state index is 10.9. The largest absolute Gasteiger partial charge is 0.358 e. The molecule has 0 aromatic heterocycles. The molecular weight excluding hydrogens is 176 g/mol. The Morgan fingerprint density at radius 3 is 2.86 bits per heavy atom. The molecule has 0 saturated heterocycles. The summed E-state index contributed by atoms with van der Waals surface area (Å²) in [4.78, 5) is 10.9. The fourth-order valence-electron chi connectivity index (χ4n) is 1.23. The maximum absolute atomic E-state index is 10.9. The lowest BCUT2D eigenvalue weighted by Crippen LogP contribution is -2.30. The van der Waals surface area contributed by atoms with Crippen molar-refractivity contribution in [2.45, 2.75) is 13.5 Å². The second kappa shape index (κ2) is 5.40. The van der Waals surface area contributed by atoms with E-state index in [0.29, 0.717) is 6.54 Å². The smallest absolute Gasteiger partial charge is 0.233 e. The minimum Gasteiger partial charge on any atom is -0.358 e. The average molecular weight is 192 g/mol. The first-order valence-electron chi connectivity index (χ1n) is 4.69. The second-order valence-electron chi connectivity index (χ2n) is 3.27. The number of hydrogen-bond donors (Lipinski definition) is 2. The van der Waals surface area contributed by atoms with Crippen LogP contribution < -0.4 is 10.6 Å². The van der Waals surface area contributed by atoms with Crippen molar-refractivity contribution in [2.24, 2.45) is 0 Å². The van der Waals surface area contributed by atoms with Crippen LogP contribution in [0.2, 0.25) is 0 Å². The van der Waals surface area contributed by atoms with Gasteiger partial charge in [0.2, 0.25) is 5.91 Å². The highest BCUT2D eigenvalue weighted by Gasteiger charge is 1.96. The first-order valence-corrected chi connectivity index (χ1v) is 4.69. The Balaban J connectivity index is 2.35. The number of aryl methyl sites for hydroxylation is 1. The molecule has 0 aliphatic heterocycles. The van der Waals surface area contributed by atoms with Gasteiger partial charge in [-0.2, -0.15) is 0 Å². The molecule has 3 nitrogen and oxygen atoms in total. The van der Waals surface area contributed by atoms with Crippen molar-refractivity contribution in [3.8, 4) is 0 Å². The summed E-state index contributed by atoms with van der Waals surface area (Å²) >= 11 is 0. The fraction of sp³-hybridized carbons (Fsp3) is 0.364.